The van der Waals surface area contributed by atoms with Crippen molar-refractivity contribution in [3.63, 3.8) is 0 Å². The van der Waals surface area contributed by atoms with Crippen LogP contribution in [0.5, 0.6) is 0 Å². The van der Waals surface area contributed by atoms with E-state index in [1.165, 1.54) is 27.8 Å². The predicted molar refractivity (Wildman–Crippen MR) is 122 cm³/mol. The fourth-order valence-electron chi connectivity index (χ4n) is 5.32. The summed E-state index contributed by atoms with van der Waals surface area (Å²) in [4.78, 5) is 19.4. The molecule has 2 unspecified atom stereocenters. The lowest BCUT2D eigenvalue weighted by Crippen LogP contribution is -2.56. The Morgan fingerprint density at radius 2 is 1.75 bits per heavy atom. The third kappa shape index (κ3) is 3.21. The average Bonchev–Trinajstić information content (AvgIpc) is 3.16. The topological polar surface area (TPSA) is 51.7 Å². The SMILES string of the molecule is O=C(OCC1c2ccccc2-c2ccccc21)N1C2C=C(c3cccnc3)CC1COC2. The monoisotopic (exact) mass is 424 g/mol. The van der Waals surface area contributed by atoms with Gasteiger partial charge in [0.1, 0.15) is 6.61 Å². The molecule has 1 fully saturated rings. The van der Waals surface area contributed by atoms with Crippen molar-refractivity contribution in [3.8, 4) is 11.1 Å². The van der Waals surface area contributed by atoms with E-state index in [2.05, 4.69) is 65.7 Å². The number of pyridine rings is 1. The first-order valence-corrected chi connectivity index (χ1v) is 11.1. The molecule has 6 rings (SSSR count). The van der Waals surface area contributed by atoms with E-state index in [1.54, 1.807) is 6.20 Å². The van der Waals surface area contributed by atoms with Gasteiger partial charge in [-0.1, -0.05) is 60.7 Å². The Balaban J connectivity index is 1.22. The van der Waals surface area contributed by atoms with Crippen molar-refractivity contribution < 1.29 is 14.3 Å². The number of morpholine rings is 1. The predicted octanol–water partition coefficient (Wildman–Crippen LogP) is 4.89. The second-order valence-electron chi connectivity index (χ2n) is 8.61. The van der Waals surface area contributed by atoms with Gasteiger partial charge in [0.25, 0.3) is 0 Å². The van der Waals surface area contributed by atoms with Gasteiger partial charge in [0, 0.05) is 18.3 Å². The van der Waals surface area contributed by atoms with Crippen LogP contribution in [-0.4, -0.2) is 47.9 Å². The molecule has 3 aliphatic rings. The summed E-state index contributed by atoms with van der Waals surface area (Å²) in [6, 6.07) is 20.7. The zero-order valence-electron chi connectivity index (χ0n) is 17.7. The van der Waals surface area contributed by atoms with E-state index >= 15 is 0 Å². The molecule has 1 saturated heterocycles. The Hall–Kier alpha value is -3.44. The lowest BCUT2D eigenvalue weighted by Gasteiger charge is -2.43. The van der Waals surface area contributed by atoms with Crippen LogP contribution in [0.2, 0.25) is 0 Å². The number of rotatable bonds is 3. The quantitative estimate of drug-likeness (QED) is 0.601. The first-order valence-electron chi connectivity index (χ1n) is 11.1. The summed E-state index contributed by atoms with van der Waals surface area (Å²) in [5.74, 6) is 0.0636. The number of benzene rings is 2. The highest BCUT2D eigenvalue weighted by Crippen LogP contribution is 2.44. The van der Waals surface area contributed by atoms with E-state index in [0.29, 0.717) is 19.8 Å². The molecular formula is C27H24N2O3. The molecule has 5 heteroatoms. The molecule has 3 heterocycles. The Bertz CT molecular complexity index is 1140. The fourth-order valence-corrected chi connectivity index (χ4v) is 5.32. The summed E-state index contributed by atoms with van der Waals surface area (Å²) < 4.78 is 11.7. The smallest absolute Gasteiger partial charge is 0.410 e. The van der Waals surface area contributed by atoms with Crippen molar-refractivity contribution >= 4 is 11.7 Å². The summed E-state index contributed by atoms with van der Waals surface area (Å²) in [5.41, 5.74) is 7.24. The number of aromatic nitrogens is 1. The van der Waals surface area contributed by atoms with Crippen LogP contribution in [0.15, 0.2) is 79.1 Å². The molecule has 1 amide bonds. The molecule has 2 aromatic carbocycles. The molecule has 2 atom stereocenters. The molecule has 32 heavy (non-hydrogen) atoms. The minimum absolute atomic E-state index is 0.0235. The highest BCUT2D eigenvalue weighted by atomic mass is 16.6. The third-order valence-electron chi connectivity index (χ3n) is 6.78. The van der Waals surface area contributed by atoms with Crippen molar-refractivity contribution in [2.45, 2.75) is 24.4 Å². The van der Waals surface area contributed by atoms with Gasteiger partial charge in [-0.2, -0.15) is 0 Å². The number of nitrogens with zero attached hydrogens (tertiary/aromatic N) is 2. The molecule has 5 nitrogen and oxygen atoms in total. The van der Waals surface area contributed by atoms with Gasteiger partial charge in [-0.15, -0.1) is 0 Å². The zero-order chi connectivity index (χ0) is 21.5. The molecule has 2 bridgehead atoms. The molecule has 1 aliphatic carbocycles. The highest BCUT2D eigenvalue weighted by molar-refractivity contribution is 5.79. The first-order chi connectivity index (χ1) is 15.8. The lowest BCUT2D eigenvalue weighted by atomic mass is 9.91. The van der Waals surface area contributed by atoms with Crippen LogP contribution in [-0.2, 0) is 9.47 Å². The summed E-state index contributed by atoms with van der Waals surface area (Å²) in [7, 11) is 0. The standard InChI is InChI=1S/C27H24N2O3/c30-27(29-20-12-19(13-21(29)16-31-15-20)18-6-5-11-28-14-18)32-17-26-24-9-3-1-7-22(24)23-8-2-4-10-25(23)26/h1-12,14,20-21,26H,13,15-17H2. The number of amides is 1. The molecule has 0 N–H and O–H groups in total. The number of fused-ring (bicyclic) bond motifs is 5. The average molecular weight is 425 g/mol. The summed E-state index contributed by atoms with van der Waals surface area (Å²) in [6.07, 6.45) is 6.28. The van der Waals surface area contributed by atoms with Gasteiger partial charge >= 0.3 is 6.09 Å². The molecule has 0 saturated carbocycles. The van der Waals surface area contributed by atoms with Crippen LogP contribution in [0, 0.1) is 0 Å². The van der Waals surface area contributed by atoms with Crippen LogP contribution >= 0.6 is 0 Å². The van der Waals surface area contributed by atoms with Crippen molar-refractivity contribution in [3.05, 3.63) is 95.8 Å². The molecule has 160 valence electrons. The minimum Gasteiger partial charge on any atom is -0.448 e. The van der Waals surface area contributed by atoms with Crippen molar-refractivity contribution in [2.24, 2.45) is 0 Å². The van der Waals surface area contributed by atoms with E-state index < -0.39 is 0 Å². The molecule has 2 aliphatic heterocycles. The summed E-state index contributed by atoms with van der Waals surface area (Å²) in [6.45, 7) is 1.35. The normalized spacial score (nSPS) is 21.5. The van der Waals surface area contributed by atoms with E-state index in [-0.39, 0.29) is 24.1 Å². The summed E-state index contributed by atoms with van der Waals surface area (Å²) in [5, 5.41) is 0. The third-order valence-corrected chi connectivity index (χ3v) is 6.78. The van der Waals surface area contributed by atoms with Gasteiger partial charge in [0.05, 0.1) is 25.3 Å². The Kier molecular flexibility index (Phi) is 4.76. The zero-order valence-corrected chi connectivity index (χ0v) is 17.7. The Morgan fingerprint density at radius 3 is 2.44 bits per heavy atom. The van der Waals surface area contributed by atoms with Crippen LogP contribution in [0.1, 0.15) is 29.0 Å². The van der Waals surface area contributed by atoms with Gasteiger partial charge in [-0.05, 0) is 45.9 Å². The summed E-state index contributed by atoms with van der Waals surface area (Å²) >= 11 is 0. The molecule has 0 radical (unpaired) electrons. The van der Waals surface area contributed by atoms with Crippen LogP contribution in [0.3, 0.4) is 0 Å². The highest BCUT2D eigenvalue weighted by Gasteiger charge is 2.39. The number of hydrogen-bond acceptors (Lipinski definition) is 4. The molecule has 3 aromatic rings. The number of carbonyl (C=O) groups excluding carboxylic acids is 1. The van der Waals surface area contributed by atoms with Gasteiger partial charge in [0.15, 0.2) is 0 Å². The van der Waals surface area contributed by atoms with Crippen molar-refractivity contribution in [2.75, 3.05) is 19.8 Å². The molecule has 1 aromatic heterocycles. The van der Waals surface area contributed by atoms with E-state index in [9.17, 15) is 4.79 Å². The van der Waals surface area contributed by atoms with Crippen LogP contribution in [0.25, 0.3) is 16.7 Å². The maximum Gasteiger partial charge on any atom is 0.410 e. The molecular weight excluding hydrogens is 400 g/mol. The molecule has 0 spiro atoms. The number of ether oxygens (including phenoxy) is 2. The number of hydrogen-bond donors (Lipinski definition) is 0. The lowest BCUT2D eigenvalue weighted by molar-refractivity contribution is -0.0331. The van der Waals surface area contributed by atoms with Crippen LogP contribution < -0.4 is 0 Å². The second-order valence-corrected chi connectivity index (χ2v) is 8.61. The van der Waals surface area contributed by atoms with Gasteiger partial charge in [-0.25, -0.2) is 4.79 Å². The van der Waals surface area contributed by atoms with Crippen molar-refractivity contribution in [1.82, 2.24) is 9.88 Å². The fraction of sp³-hybridized carbons (Fsp3) is 0.259. The van der Waals surface area contributed by atoms with Crippen molar-refractivity contribution in [1.29, 1.82) is 0 Å². The van der Waals surface area contributed by atoms with E-state index in [0.717, 1.165) is 12.0 Å². The maximum absolute atomic E-state index is 13.2. The van der Waals surface area contributed by atoms with E-state index in [4.69, 9.17) is 9.47 Å². The Labute approximate surface area is 187 Å². The largest absolute Gasteiger partial charge is 0.448 e. The van der Waals surface area contributed by atoms with Crippen LogP contribution in [0.4, 0.5) is 4.79 Å². The number of carbonyl (C=O) groups is 1. The maximum atomic E-state index is 13.2. The van der Waals surface area contributed by atoms with Gasteiger partial charge in [0.2, 0.25) is 0 Å². The van der Waals surface area contributed by atoms with Gasteiger partial charge in [-0.3, -0.25) is 9.88 Å². The Morgan fingerprint density at radius 1 is 1.00 bits per heavy atom. The second kappa shape index (κ2) is 7.92. The van der Waals surface area contributed by atoms with E-state index in [1.807, 2.05) is 17.2 Å². The first kappa shape index (κ1) is 19.3. The minimum atomic E-state index is -0.258. The van der Waals surface area contributed by atoms with Gasteiger partial charge < -0.3 is 9.47 Å².